The topological polar surface area (TPSA) is 76.1 Å². The normalized spacial score (nSPS) is 25.9. The number of rotatable bonds is 4. The molecule has 34 heavy (non-hydrogen) atoms. The maximum absolute atomic E-state index is 13.6. The second-order valence-electron chi connectivity index (χ2n) is 11.4. The molecule has 0 unspecified atom stereocenters. The van der Waals surface area contributed by atoms with Crippen molar-refractivity contribution in [2.75, 3.05) is 6.54 Å². The molecule has 1 aliphatic carbocycles. The van der Waals surface area contributed by atoms with E-state index in [1.54, 1.807) is 0 Å². The minimum Gasteiger partial charge on any atom is -0.512 e. The third-order valence-electron chi connectivity index (χ3n) is 6.95. The molecule has 1 aromatic rings. The lowest BCUT2D eigenvalue weighted by Gasteiger charge is -2.40. The van der Waals surface area contributed by atoms with Crippen LogP contribution in [0.4, 0.5) is 4.79 Å². The number of hydrogen-bond donors (Lipinski definition) is 1. The second-order valence-corrected chi connectivity index (χ2v) is 11.4. The van der Waals surface area contributed by atoms with Gasteiger partial charge >= 0.3 is 12.1 Å². The van der Waals surface area contributed by atoms with Gasteiger partial charge in [0.15, 0.2) is 0 Å². The van der Waals surface area contributed by atoms with E-state index < -0.39 is 23.7 Å². The molecule has 0 bridgehead atoms. The van der Waals surface area contributed by atoms with Crippen LogP contribution in [0.3, 0.4) is 0 Å². The van der Waals surface area contributed by atoms with Crippen molar-refractivity contribution in [1.82, 2.24) is 4.90 Å². The van der Waals surface area contributed by atoms with Crippen molar-refractivity contribution in [2.45, 2.75) is 91.9 Å². The van der Waals surface area contributed by atoms with Crippen molar-refractivity contribution in [3.05, 3.63) is 46.7 Å². The van der Waals surface area contributed by atoms with Gasteiger partial charge in [-0.25, -0.2) is 9.59 Å². The van der Waals surface area contributed by atoms with Crippen LogP contribution in [0.2, 0.25) is 0 Å². The molecule has 1 saturated carbocycles. The molecule has 6 heteroatoms. The van der Waals surface area contributed by atoms with Crippen LogP contribution in [0.15, 0.2) is 35.6 Å². The molecular formula is C28H41NO5. The van der Waals surface area contributed by atoms with E-state index in [0.29, 0.717) is 11.8 Å². The van der Waals surface area contributed by atoms with Gasteiger partial charge < -0.3 is 14.6 Å². The highest BCUT2D eigenvalue weighted by Gasteiger charge is 2.42. The zero-order valence-corrected chi connectivity index (χ0v) is 21.8. The Morgan fingerprint density at radius 1 is 1.12 bits per heavy atom. The summed E-state index contributed by atoms with van der Waals surface area (Å²) in [6.07, 6.45) is 2.43. The number of nitrogens with zero attached hydrogens (tertiary/aromatic N) is 1. The quantitative estimate of drug-likeness (QED) is 0.508. The molecule has 6 nitrogen and oxygen atoms in total. The van der Waals surface area contributed by atoms with Crippen LogP contribution in [-0.4, -0.2) is 40.3 Å². The lowest BCUT2D eigenvalue weighted by Crippen LogP contribution is -2.45. The second kappa shape index (κ2) is 10.4. The summed E-state index contributed by atoms with van der Waals surface area (Å²) >= 11 is 0. The molecule has 4 atom stereocenters. The molecule has 1 heterocycles. The van der Waals surface area contributed by atoms with Crippen molar-refractivity contribution in [2.24, 2.45) is 17.8 Å². The smallest absolute Gasteiger partial charge is 0.411 e. The molecule has 0 aromatic heterocycles. The minimum atomic E-state index is -0.768. The van der Waals surface area contributed by atoms with Crippen LogP contribution in [0.5, 0.6) is 0 Å². The Morgan fingerprint density at radius 2 is 1.76 bits per heavy atom. The predicted octanol–water partition coefficient (Wildman–Crippen LogP) is 6.49. The average Bonchev–Trinajstić information content (AvgIpc) is 2.72. The molecule has 2 aliphatic rings. The van der Waals surface area contributed by atoms with Crippen LogP contribution in [0.1, 0.15) is 84.4 Å². The van der Waals surface area contributed by atoms with E-state index in [-0.39, 0.29) is 36.3 Å². The maximum atomic E-state index is 13.6. The molecule has 1 amide bonds. The average molecular weight is 472 g/mol. The van der Waals surface area contributed by atoms with Crippen LogP contribution < -0.4 is 0 Å². The Hall–Kier alpha value is -2.50. The first-order chi connectivity index (χ1) is 15.9. The number of aliphatic hydroxyl groups excluding tert-OH is 1. The molecule has 0 radical (unpaired) electrons. The van der Waals surface area contributed by atoms with Gasteiger partial charge in [-0.1, -0.05) is 57.0 Å². The van der Waals surface area contributed by atoms with Crippen LogP contribution in [0, 0.1) is 24.7 Å². The number of benzene rings is 1. The van der Waals surface area contributed by atoms with Gasteiger partial charge in [-0.2, -0.15) is 0 Å². The fraction of sp³-hybridized carbons (Fsp3) is 0.643. The molecule has 1 fully saturated rings. The Kier molecular flexibility index (Phi) is 7.99. The number of carbonyl (C=O) groups excluding carboxylic acids is 2. The number of aliphatic hydroxyl groups is 1. The SMILES string of the molecule is Cc1ccc([C@@H]2C(C(=O)O[C@@H]3C[C@H](C)CC[C@H]3C(C)C)=C(O)CCN2C(=O)OC(C)(C)C)cc1. The predicted molar refractivity (Wildman–Crippen MR) is 132 cm³/mol. The molecule has 1 N–H and O–H groups in total. The summed E-state index contributed by atoms with van der Waals surface area (Å²) in [5.41, 5.74) is 1.27. The lowest BCUT2D eigenvalue weighted by atomic mass is 9.75. The molecule has 0 saturated heterocycles. The van der Waals surface area contributed by atoms with Crippen molar-refractivity contribution in [3.63, 3.8) is 0 Å². The van der Waals surface area contributed by atoms with E-state index in [0.717, 1.165) is 30.4 Å². The van der Waals surface area contributed by atoms with Gasteiger partial charge in [0.1, 0.15) is 23.0 Å². The summed E-state index contributed by atoms with van der Waals surface area (Å²) in [6.45, 7) is 14.2. The highest BCUT2D eigenvalue weighted by Crippen LogP contribution is 2.40. The Balaban J connectivity index is 1.97. The van der Waals surface area contributed by atoms with E-state index in [2.05, 4.69) is 20.8 Å². The van der Waals surface area contributed by atoms with Crippen LogP contribution in [0.25, 0.3) is 0 Å². The summed E-state index contributed by atoms with van der Waals surface area (Å²) in [4.78, 5) is 28.3. The summed E-state index contributed by atoms with van der Waals surface area (Å²) < 4.78 is 11.8. The number of ether oxygens (including phenoxy) is 2. The number of esters is 1. The van der Waals surface area contributed by atoms with Gasteiger partial charge in [0, 0.05) is 13.0 Å². The molecular weight excluding hydrogens is 430 g/mol. The standard InChI is InChI=1S/C28H41NO5/c1-17(2)21-13-10-19(4)16-23(21)33-26(31)24-22(30)14-15-29(27(32)34-28(5,6)7)25(24)20-11-8-18(3)9-12-20/h8-9,11-12,17,19,21,23,25,30H,10,13-16H2,1-7H3/t19-,21+,23-,25-/m1/s1. The number of carbonyl (C=O) groups is 2. The molecule has 3 rings (SSSR count). The Labute approximate surface area is 204 Å². The minimum absolute atomic E-state index is 0.0136. The van der Waals surface area contributed by atoms with E-state index in [1.807, 2.05) is 52.0 Å². The Bertz CT molecular complexity index is 912. The van der Waals surface area contributed by atoms with E-state index in [1.165, 1.54) is 4.90 Å². The largest absolute Gasteiger partial charge is 0.512 e. The molecule has 1 aromatic carbocycles. The maximum Gasteiger partial charge on any atom is 0.411 e. The van der Waals surface area contributed by atoms with E-state index in [4.69, 9.17) is 9.47 Å². The first-order valence-corrected chi connectivity index (χ1v) is 12.6. The summed E-state index contributed by atoms with van der Waals surface area (Å²) in [6, 6.07) is 6.89. The highest BCUT2D eigenvalue weighted by atomic mass is 16.6. The molecule has 1 aliphatic heterocycles. The fourth-order valence-corrected chi connectivity index (χ4v) is 5.10. The number of aryl methyl sites for hydroxylation is 1. The lowest BCUT2D eigenvalue weighted by molar-refractivity contribution is -0.152. The Morgan fingerprint density at radius 3 is 2.35 bits per heavy atom. The highest BCUT2D eigenvalue weighted by molar-refractivity contribution is 5.92. The van der Waals surface area contributed by atoms with E-state index >= 15 is 0 Å². The van der Waals surface area contributed by atoms with Crippen LogP contribution >= 0.6 is 0 Å². The van der Waals surface area contributed by atoms with Crippen molar-refractivity contribution in [1.29, 1.82) is 0 Å². The first kappa shape index (κ1) is 26.1. The summed E-state index contributed by atoms with van der Waals surface area (Å²) in [5.74, 6) is 0.603. The number of amides is 1. The monoisotopic (exact) mass is 471 g/mol. The fourth-order valence-electron chi connectivity index (χ4n) is 5.10. The summed E-state index contributed by atoms with van der Waals surface area (Å²) in [5, 5.41) is 10.9. The third-order valence-corrected chi connectivity index (χ3v) is 6.95. The first-order valence-electron chi connectivity index (χ1n) is 12.6. The van der Waals surface area contributed by atoms with Gasteiger partial charge in [-0.15, -0.1) is 0 Å². The van der Waals surface area contributed by atoms with Gasteiger partial charge in [0.2, 0.25) is 0 Å². The van der Waals surface area contributed by atoms with Gasteiger partial charge in [0.25, 0.3) is 0 Å². The molecule has 0 spiro atoms. The summed E-state index contributed by atoms with van der Waals surface area (Å²) in [7, 11) is 0. The molecule has 188 valence electrons. The number of hydrogen-bond acceptors (Lipinski definition) is 5. The zero-order chi connectivity index (χ0) is 25.2. The van der Waals surface area contributed by atoms with Gasteiger partial charge in [-0.05, 0) is 63.9 Å². The third kappa shape index (κ3) is 6.13. The zero-order valence-electron chi connectivity index (χ0n) is 21.8. The van der Waals surface area contributed by atoms with Crippen molar-refractivity contribution < 1.29 is 24.2 Å². The van der Waals surface area contributed by atoms with E-state index in [9.17, 15) is 14.7 Å². The van der Waals surface area contributed by atoms with Crippen molar-refractivity contribution >= 4 is 12.1 Å². The van der Waals surface area contributed by atoms with Crippen molar-refractivity contribution in [3.8, 4) is 0 Å². The van der Waals surface area contributed by atoms with Gasteiger partial charge in [-0.3, -0.25) is 4.90 Å². The van der Waals surface area contributed by atoms with Gasteiger partial charge in [0.05, 0.1) is 6.04 Å². The van der Waals surface area contributed by atoms with Crippen LogP contribution in [-0.2, 0) is 14.3 Å².